The summed E-state index contributed by atoms with van der Waals surface area (Å²) < 4.78 is 30.2. The van der Waals surface area contributed by atoms with E-state index in [2.05, 4.69) is 36.4 Å². The smallest absolute Gasteiger partial charge is 0.161 e. The summed E-state index contributed by atoms with van der Waals surface area (Å²) in [5.41, 5.74) is 4.11. The largest absolute Gasteiger partial charge is 0.486 e. The van der Waals surface area contributed by atoms with E-state index in [1.54, 1.807) is 0 Å². The molecule has 6 rings (SSSR count). The number of rotatable bonds is 6. The van der Waals surface area contributed by atoms with E-state index < -0.39 is 0 Å². The van der Waals surface area contributed by atoms with Crippen LogP contribution in [0.1, 0.15) is 34.5 Å². The molecule has 0 radical (unpaired) electrons. The fourth-order valence-corrected chi connectivity index (χ4v) is 4.54. The molecule has 0 aliphatic carbocycles. The Balaban J connectivity index is 1.43. The number of hydrogen-bond acceptors (Lipinski definition) is 5. The first-order chi connectivity index (χ1) is 17.3. The molecule has 5 nitrogen and oxygen atoms in total. The standard InChI is InChI=1S/C30H26O5/c1-3-7-21(8-4-1)29(23-11-13-25-27(19-23)33-17-15-31-25)35-30(22-9-5-2-6-10-22)24-12-14-26-28(20-24)34-18-16-32-26/h1-14,19-20,29-30H,15-18H2/t29-,30+. The van der Waals surface area contributed by atoms with Crippen LogP contribution in [-0.4, -0.2) is 26.4 Å². The van der Waals surface area contributed by atoms with Gasteiger partial charge in [-0.15, -0.1) is 0 Å². The molecule has 2 aliphatic heterocycles. The van der Waals surface area contributed by atoms with E-state index in [9.17, 15) is 0 Å². The fraction of sp³-hybridized carbons (Fsp3) is 0.200. The third kappa shape index (κ3) is 4.55. The minimum Gasteiger partial charge on any atom is -0.486 e. The maximum Gasteiger partial charge on any atom is 0.161 e. The van der Waals surface area contributed by atoms with E-state index in [4.69, 9.17) is 23.7 Å². The molecule has 4 aromatic rings. The van der Waals surface area contributed by atoms with Crippen molar-refractivity contribution in [2.45, 2.75) is 12.2 Å². The van der Waals surface area contributed by atoms with E-state index in [0.717, 1.165) is 45.3 Å². The van der Waals surface area contributed by atoms with Crippen LogP contribution in [0.5, 0.6) is 23.0 Å². The van der Waals surface area contributed by atoms with Crippen molar-refractivity contribution in [2.24, 2.45) is 0 Å². The van der Waals surface area contributed by atoms with Crippen LogP contribution in [0.4, 0.5) is 0 Å². The van der Waals surface area contributed by atoms with E-state index in [-0.39, 0.29) is 12.2 Å². The lowest BCUT2D eigenvalue weighted by Gasteiger charge is -2.28. The third-order valence-corrected chi connectivity index (χ3v) is 6.21. The van der Waals surface area contributed by atoms with Gasteiger partial charge in [0.15, 0.2) is 23.0 Å². The van der Waals surface area contributed by atoms with Gasteiger partial charge in [-0.05, 0) is 46.5 Å². The van der Waals surface area contributed by atoms with Crippen LogP contribution in [0.3, 0.4) is 0 Å². The second-order valence-electron chi connectivity index (χ2n) is 8.52. The van der Waals surface area contributed by atoms with Gasteiger partial charge in [0.1, 0.15) is 38.6 Å². The molecule has 0 N–H and O–H groups in total. The number of fused-ring (bicyclic) bond motifs is 2. The highest BCUT2D eigenvalue weighted by Crippen LogP contribution is 2.41. The number of benzene rings is 4. The molecule has 35 heavy (non-hydrogen) atoms. The second kappa shape index (κ2) is 9.72. The first-order valence-corrected chi connectivity index (χ1v) is 11.9. The molecule has 0 bridgehead atoms. The predicted octanol–water partition coefficient (Wildman–Crippen LogP) is 6.12. The van der Waals surface area contributed by atoms with Gasteiger partial charge in [-0.1, -0.05) is 72.8 Å². The Labute approximate surface area is 204 Å². The highest BCUT2D eigenvalue weighted by Gasteiger charge is 2.26. The van der Waals surface area contributed by atoms with Crippen LogP contribution >= 0.6 is 0 Å². The molecule has 0 spiro atoms. The molecule has 2 aliphatic rings. The average molecular weight is 467 g/mol. The Morgan fingerprint density at radius 3 is 1.26 bits per heavy atom. The van der Waals surface area contributed by atoms with Gasteiger partial charge in [0.25, 0.3) is 0 Å². The Morgan fingerprint density at radius 2 is 0.829 bits per heavy atom. The Morgan fingerprint density at radius 1 is 0.429 bits per heavy atom. The average Bonchev–Trinajstić information content (AvgIpc) is 2.94. The van der Waals surface area contributed by atoms with Crippen molar-refractivity contribution in [3.8, 4) is 23.0 Å². The molecule has 4 aromatic carbocycles. The van der Waals surface area contributed by atoms with Gasteiger partial charge < -0.3 is 23.7 Å². The summed E-state index contributed by atoms with van der Waals surface area (Å²) in [6.45, 7) is 2.20. The normalized spacial score (nSPS) is 15.8. The Hall–Kier alpha value is -3.96. The van der Waals surface area contributed by atoms with E-state index in [1.807, 2.05) is 60.7 Å². The van der Waals surface area contributed by atoms with Crippen molar-refractivity contribution in [1.82, 2.24) is 0 Å². The lowest BCUT2D eigenvalue weighted by Crippen LogP contribution is -2.18. The Bertz CT molecular complexity index is 1190. The second-order valence-corrected chi connectivity index (χ2v) is 8.52. The molecular weight excluding hydrogens is 440 g/mol. The molecule has 5 heteroatoms. The molecule has 0 fully saturated rings. The topological polar surface area (TPSA) is 46.2 Å². The summed E-state index contributed by atoms with van der Waals surface area (Å²) in [6, 6.07) is 32.6. The zero-order chi connectivity index (χ0) is 23.5. The van der Waals surface area contributed by atoms with Crippen molar-refractivity contribution in [3.05, 3.63) is 119 Å². The van der Waals surface area contributed by atoms with Crippen molar-refractivity contribution >= 4 is 0 Å². The molecule has 0 saturated heterocycles. The summed E-state index contributed by atoms with van der Waals surface area (Å²) in [5, 5.41) is 0. The summed E-state index contributed by atoms with van der Waals surface area (Å²) in [5.74, 6) is 3.01. The maximum atomic E-state index is 6.98. The lowest BCUT2D eigenvalue weighted by molar-refractivity contribution is 0.0302. The fourth-order valence-electron chi connectivity index (χ4n) is 4.54. The van der Waals surface area contributed by atoms with E-state index in [0.29, 0.717) is 26.4 Å². The molecular formula is C30H26O5. The molecule has 176 valence electrons. The summed E-state index contributed by atoms with van der Waals surface area (Å²) in [4.78, 5) is 0. The maximum absolute atomic E-state index is 6.98. The van der Waals surface area contributed by atoms with Gasteiger partial charge in [-0.2, -0.15) is 0 Å². The Kier molecular flexibility index (Phi) is 5.99. The number of hydrogen-bond donors (Lipinski definition) is 0. The molecule has 0 amide bonds. The van der Waals surface area contributed by atoms with Crippen LogP contribution in [0.15, 0.2) is 97.1 Å². The predicted molar refractivity (Wildman–Crippen MR) is 133 cm³/mol. The first-order valence-electron chi connectivity index (χ1n) is 11.9. The van der Waals surface area contributed by atoms with Crippen molar-refractivity contribution in [3.63, 3.8) is 0 Å². The van der Waals surface area contributed by atoms with Crippen molar-refractivity contribution in [1.29, 1.82) is 0 Å². The SMILES string of the molecule is c1ccc([C@@H](O[C@@H](c2ccccc2)c2ccc3c(c2)OCCO3)c2ccc3c(c2)OCCO3)cc1. The van der Waals surface area contributed by atoms with Gasteiger partial charge >= 0.3 is 0 Å². The van der Waals surface area contributed by atoms with Crippen LogP contribution in [0, 0.1) is 0 Å². The monoisotopic (exact) mass is 466 g/mol. The molecule has 2 atom stereocenters. The zero-order valence-electron chi connectivity index (χ0n) is 19.3. The van der Waals surface area contributed by atoms with Gasteiger partial charge in [0.2, 0.25) is 0 Å². The highest BCUT2D eigenvalue weighted by molar-refractivity contribution is 5.48. The van der Waals surface area contributed by atoms with E-state index >= 15 is 0 Å². The highest BCUT2D eigenvalue weighted by atomic mass is 16.6. The van der Waals surface area contributed by atoms with Crippen LogP contribution in [0.2, 0.25) is 0 Å². The minimum absolute atomic E-state index is 0.328. The third-order valence-electron chi connectivity index (χ3n) is 6.21. The summed E-state index contributed by atoms with van der Waals surface area (Å²) in [7, 11) is 0. The molecule has 0 aromatic heterocycles. The molecule has 0 saturated carbocycles. The van der Waals surface area contributed by atoms with Gasteiger partial charge in [-0.3, -0.25) is 0 Å². The minimum atomic E-state index is -0.328. The first kappa shape index (κ1) is 21.6. The quantitative estimate of drug-likeness (QED) is 0.342. The van der Waals surface area contributed by atoms with Crippen LogP contribution < -0.4 is 18.9 Å². The zero-order valence-corrected chi connectivity index (χ0v) is 19.3. The summed E-state index contributed by atoms with van der Waals surface area (Å²) >= 11 is 0. The lowest BCUT2D eigenvalue weighted by atomic mass is 9.97. The van der Waals surface area contributed by atoms with Gasteiger partial charge in [0.05, 0.1) is 0 Å². The van der Waals surface area contributed by atoms with Crippen LogP contribution in [0.25, 0.3) is 0 Å². The van der Waals surface area contributed by atoms with Gasteiger partial charge in [-0.25, -0.2) is 0 Å². The summed E-state index contributed by atoms with van der Waals surface area (Å²) in [6.07, 6.45) is -0.657. The number of ether oxygens (including phenoxy) is 5. The van der Waals surface area contributed by atoms with Gasteiger partial charge in [0, 0.05) is 0 Å². The van der Waals surface area contributed by atoms with E-state index in [1.165, 1.54) is 0 Å². The molecule has 2 heterocycles. The molecule has 0 unspecified atom stereocenters. The van der Waals surface area contributed by atoms with Crippen molar-refractivity contribution < 1.29 is 23.7 Å². The van der Waals surface area contributed by atoms with Crippen molar-refractivity contribution in [2.75, 3.05) is 26.4 Å². The van der Waals surface area contributed by atoms with Crippen LogP contribution in [-0.2, 0) is 4.74 Å².